The molecule has 0 aliphatic carbocycles. The first-order valence-corrected chi connectivity index (χ1v) is 7.53. The SMILES string of the molecule is CCOc1ccccc1OCC(=O)N1CCC(C(N)=O)CC1. The van der Waals surface area contributed by atoms with Crippen molar-refractivity contribution in [3.05, 3.63) is 24.3 Å². The number of rotatable bonds is 6. The van der Waals surface area contributed by atoms with Crippen LogP contribution in [-0.4, -0.2) is 43.0 Å². The van der Waals surface area contributed by atoms with E-state index in [4.69, 9.17) is 15.2 Å². The maximum Gasteiger partial charge on any atom is 0.260 e. The smallest absolute Gasteiger partial charge is 0.260 e. The van der Waals surface area contributed by atoms with Crippen LogP contribution in [0.3, 0.4) is 0 Å². The van der Waals surface area contributed by atoms with Gasteiger partial charge in [0.05, 0.1) is 6.61 Å². The second kappa shape index (κ2) is 7.68. The first-order chi connectivity index (χ1) is 10.6. The number of amides is 2. The van der Waals surface area contributed by atoms with Gasteiger partial charge < -0.3 is 20.1 Å². The predicted octanol–water partition coefficient (Wildman–Crippen LogP) is 1.19. The van der Waals surface area contributed by atoms with Crippen molar-refractivity contribution in [1.82, 2.24) is 4.90 Å². The van der Waals surface area contributed by atoms with Crippen molar-refractivity contribution in [3.8, 4) is 11.5 Å². The molecule has 0 bridgehead atoms. The molecule has 0 atom stereocenters. The Labute approximate surface area is 130 Å². The Kier molecular flexibility index (Phi) is 5.63. The summed E-state index contributed by atoms with van der Waals surface area (Å²) in [5.41, 5.74) is 5.29. The van der Waals surface area contributed by atoms with Gasteiger partial charge in [-0.2, -0.15) is 0 Å². The standard InChI is InChI=1S/C16H22N2O4/c1-2-21-13-5-3-4-6-14(13)22-11-15(19)18-9-7-12(8-10-18)16(17)20/h3-6,12H,2,7-11H2,1H3,(H2,17,20). The molecule has 1 saturated heterocycles. The normalized spacial score (nSPS) is 15.4. The second-order valence-electron chi connectivity index (χ2n) is 5.23. The molecule has 0 spiro atoms. The summed E-state index contributed by atoms with van der Waals surface area (Å²) in [6.07, 6.45) is 1.24. The Hall–Kier alpha value is -2.24. The van der Waals surface area contributed by atoms with E-state index in [1.54, 1.807) is 11.0 Å². The van der Waals surface area contributed by atoms with E-state index in [1.807, 2.05) is 25.1 Å². The second-order valence-corrected chi connectivity index (χ2v) is 5.23. The molecule has 120 valence electrons. The quantitative estimate of drug-likeness (QED) is 0.856. The van der Waals surface area contributed by atoms with Crippen molar-refractivity contribution < 1.29 is 19.1 Å². The number of carbonyl (C=O) groups is 2. The molecular formula is C16H22N2O4. The number of benzene rings is 1. The molecule has 1 fully saturated rings. The molecule has 1 aromatic rings. The maximum absolute atomic E-state index is 12.2. The molecule has 0 aromatic heterocycles. The van der Waals surface area contributed by atoms with Gasteiger partial charge in [0, 0.05) is 19.0 Å². The lowest BCUT2D eigenvalue weighted by atomic mass is 9.96. The maximum atomic E-state index is 12.2. The van der Waals surface area contributed by atoms with Crippen LogP contribution in [-0.2, 0) is 9.59 Å². The number of likely N-dealkylation sites (tertiary alicyclic amines) is 1. The average molecular weight is 306 g/mol. The highest BCUT2D eigenvalue weighted by Crippen LogP contribution is 2.26. The number of hydrogen-bond donors (Lipinski definition) is 1. The minimum absolute atomic E-state index is 0.0364. The van der Waals surface area contributed by atoms with Crippen LogP contribution in [0.25, 0.3) is 0 Å². The highest BCUT2D eigenvalue weighted by molar-refractivity contribution is 5.79. The zero-order valence-corrected chi connectivity index (χ0v) is 12.8. The predicted molar refractivity (Wildman–Crippen MR) is 81.6 cm³/mol. The third-order valence-corrected chi connectivity index (χ3v) is 3.75. The van der Waals surface area contributed by atoms with E-state index in [0.717, 1.165) is 0 Å². The van der Waals surface area contributed by atoms with Crippen molar-refractivity contribution in [2.45, 2.75) is 19.8 Å². The number of para-hydroxylation sites is 2. The number of nitrogens with two attached hydrogens (primary N) is 1. The Morgan fingerprint density at radius 1 is 1.18 bits per heavy atom. The molecule has 2 N–H and O–H groups in total. The highest BCUT2D eigenvalue weighted by Gasteiger charge is 2.26. The summed E-state index contributed by atoms with van der Waals surface area (Å²) in [4.78, 5) is 25.0. The van der Waals surface area contributed by atoms with E-state index < -0.39 is 0 Å². The van der Waals surface area contributed by atoms with E-state index in [2.05, 4.69) is 0 Å². The van der Waals surface area contributed by atoms with Gasteiger partial charge in [0.1, 0.15) is 0 Å². The molecule has 1 aliphatic heterocycles. The first-order valence-electron chi connectivity index (χ1n) is 7.53. The summed E-state index contributed by atoms with van der Waals surface area (Å²) in [6, 6.07) is 7.27. The molecule has 6 heteroatoms. The molecular weight excluding hydrogens is 284 g/mol. The van der Waals surface area contributed by atoms with Gasteiger partial charge >= 0.3 is 0 Å². The van der Waals surface area contributed by atoms with Crippen LogP contribution >= 0.6 is 0 Å². The molecule has 2 amide bonds. The van der Waals surface area contributed by atoms with E-state index in [9.17, 15) is 9.59 Å². The Bertz CT molecular complexity index is 525. The van der Waals surface area contributed by atoms with Gasteiger partial charge in [-0.25, -0.2) is 0 Å². The van der Waals surface area contributed by atoms with Gasteiger partial charge in [-0.1, -0.05) is 12.1 Å². The molecule has 2 rings (SSSR count). The fourth-order valence-corrected chi connectivity index (χ4v) is 2.49. The number of hydrogen-bond acceptors (Lipinski definition) is 4. The fourth-order valence-electron chi connectivity index (χ4n) is 2.49. The van der Waals surface area contributed by atoms with E-state index >= 15 is 0 Å². The van der Waals surface area contributed by atoms with Crippen molar-refractivity contribution in [2.75, 3.05) is 26.3 Å². The number of carbonyl (C=O) groups excluding carboxylic acids is 2. The van der Waals surface area contributed by atoms with Gasteiger partial charge in [0.2, 0.25) is 5.91 Å². The van der Waals surface area contributed by atoms with Crippen LogP contribution in [0, 0.1) is 5.92 Å². The topological polar surface area (TPSA) is 81.9 Å². The Morgan fingerprint density at radius 2 is 1.77 bits per heavy atom. The molecule has 1 aromatic carbocycles. The molecule has 22 heavy (non-hydrogen) atoms. The van der Waals surface area contributed by atoms with Gasteiger partial charge in [0.25, 0.3) is 5.91 Å². The monoisotopic (exact) mass is 306 g/mol. The third-order valence-electron chi connectivity index (χ3n) is 3.75. The van der Waals surface area contributed by atoms with E-state index in [1.165, 1.54) is 0 Å². The summed E-state index contributed by atoms with van der Waals surface area (Å²) >= 11 is 0. The van der Waals surface area contributed by atoms with Crippen LogP contribution in [0.2, 0.25) is 0 Å². The van der Waals surface area contributed by atoms with Crippen molar-refractivity contribution >= 4 is 11.8 Å². The van der Waals surface area contributed by atoms with Crippen molar-refractivity contribution in [2.24, 2.45) is 11.7 Å². The molecule has 0 unspecified atom stereocenters. The zero-order chi connectivity index (χ0) is 15.9. The van der Waals surface area contributed by atoms with Crippen LogP contribution in [0.1, 0.15) is 19.8 Å². The lowest BCUT2D eigenvalue weighted by molar-refractivity contribution is -0.136. The minimum Gasteiger partial charge on any atom is -0.490 e. The zero-order valence-electron chi connectivity index (χ0n) is 12.8. The van der Waals surface area contributed by atoms with Crippen LogP contribution < -0.4 is 15.2 Å². The Morgan fingerprint density at radius 3 is 2.32 bits per heavy atom. The van der Waals surface area contributed by atoms with Crippen LogP contribution in [0.4, 0.5) is 0 Å². The van der Waals surface area contributed by atoms with Crippen LogP contribution in [0.5, 0.6) is 11.5 Å². The first kappa shape index (κ1) is 16.1. The third kappa shape index (κ3) is 4.13. The largest absolute Gasteiger partial charge is 0.490 e. The van der Waals surface area contributed by atoms with Crippen LogP contribution in [0.15, 0.2) is 24.3 Å². The number of nitrogens with zero attached hydrogens (tertiary/aromatic N) is 1. The van der Waals surface area contributed by atoms with Crippen molar-refractivity contribution in [1.29, 1.82) is 0 Å². The molecule has 6 nitrogen and oxygen atoms in total. The fraction of sp³-hybridized carbons (Fsp3) is 0.500. The van der Waals surface area contributed by atoms with E-state index in [0.29, 0.717) is 44.0 Å². The average Bonchev–Trinajstić information content (AvgIpc) is 2.54. The summed E-state index contributed by atoms with van der Waals surface area (Å²) < 4.78 is 11.0. The van der Waals surface area contributed by atoms with E-state index in [-0.39, 0.29) is 24.3 Å². The van der Waals surface area contributed by atoms with Crippen molar-refractivity contribution in [3.63, 3.8) is 0 Å². The highest BCUT2D eigenvalue weighted by atomic mass is 16.5. The lowest BCUT2D eigenvalue weighted by Gasteiger charge is -2.30. The lowest BCUT2D eigenvalue weighted by Crippen LogP contribution is -2.43. The van der Waals surface area contributed by atoms with Gasteiger partial charge in [0.15, 0.2) is 18.1 Å². The molecule has 0 saturated carbocycles. The molecule has 1 heterocycles. The summed E-state index contributed by atoms with van der Waals surface area (Å²) in [6.45, 7) is 3.48. The molecule has 1 aliphatic rings. The van der Waals surface area contributed by atoms with Gasteiger partial charge in [-0.3, -0.25) is 9.59 Å². The molecule has 0 radical (unpaired) electrons. The number of piperidine rings is 1. The minimum atomic E-state index is -0.283. The summed E-state index contributed by atoms with van der Waals surface area (Å²) in [5.74, 6) is 0.696. The van der Waals surface area contributed by atoms with Gasteiger partial charge in [-0.05, 0) is 31.9 Å². The Balaban J connectivity index is 1.85. The summed E-state index contributed by atoms with van der Waals surface area (Å²) in [5, 5.41) is 0. The van der Waals surface area contributed by atoms with Gasteiger partial charge in [-0.15, -0.1) is 0 Å². The number of ether oxygens (including phenoxy) is 2. The number of primary amides is 1. The summed E-state index contributed by atoms with van der Waals surface area (Å²) in [7, 11) is 0.